The van der Waals surface area contributed by atoms with Gasteiger partial charge >= 0.3 is 13.8 Å². The first-order chi connectivity index (χ1) is 20.3. The first kappa shape index (κ1) is 30.9. The first-order valence-corrected chi connectivity index (χ1v) is 15.8. The monoisotopic (exact) mass is 619 g/mol. The number of nitrogens with one attached hydrogen (secondary N) is 2. The lowest BCUT2D eigenvalue weighted by molar-refractivity contribution is -0.137. The molecule has 4 N–H and O–H groups in total. The summed E-state index contributed by atoms with van der Waals surface area (Å²) < 4.78 is 59.0. The van der Waals surface area contributed by atoms with E-state index in [1.165, 1.54) is 24.3 Å². The summed E-state index contributed by atoms with van der Waals surface area (Å²) in [5, 5.41) is 5.60. The summed E-state index contributed by atoms with van der Waals surface area (Å²) in [6.07, 6.45) is -0.692. The number of rotatable bonds is 9. The number of amides is 1. The Hall–Kier alpha value is -3.51. The molecule has 1 amide bonds. The number of carbonyl (C=O) groups excluding carboxylic acids is 1. The van der Waals surface area contributed by atoms with Gasteiger partial charge in [-0.2, -0.15) is 18.2 Å². The van der Waals surface area contributed by atoms with Crippen LogP contribution in [0, 0.1) is 0 Å². The van der Waals surface area contributed by atoms with Crippen molar-refractivity contribution in [2.24, 2.45) is 0 Å². The van der Waals surface area contributed by atoms with Crippen molar-refractivity contribution in [3.63, 3.8) is 0 Å². The number of benzene rings is 2. The Morgan fingerprint density at radius 2 is 1.77 bits per heavy atom. The molecular formula is C29H33F3N5O5P. The topological polar surface area (TPSA) is 137 Å². The van der Waals surface area contributed by atoms with Gasteiger partial charge in [-0.05, 0) is 73.4 Å². The second kappa shape index (κ2) is 12.2. The van der Waals surface area contributed by atoms with Gasteiger partial charge in [0.2, 0.25) is 5.95 Å². The number of anilines is 4. The zero-order valence-electron chi connectivity index (χ0n) is 23.7. The highest BCUT2D eigenvalue weighted by Gasteiger charge is 2.37. The molecule has 3 aromatic rings. The summed E-state index contributed by atoms with van der Waals surface area (Å²) in [5.74, 6) is -0.704. The van der Waals surface area contributed by atoms with Gasteiger partial charge in [-0.1, -0.05) is 18.2 Å². The highest BCUT2D eigenvalue weighted by molar-refractivity contribution is 7.50. The molecular weight excluding hydrogens is 586 g/mol. The summed E-state index contributed by atoms with van der Waals surface area (Å²) in [4.78, 5) is 41.0. The number of carbonyl (C=O) groups is 1. The van der Waals surface area contributed by atoms with E-state index in [-0.39, 0.29) is 29.6 Å². The van der Waals surface area contributed by atoms with Gasteiger partial charge in [-0.3, -0.25) is 9.36 Å². The number of nitrogens with zero attached hydrogens (tertiary/aromatic N) is 3. The van der Waals surface area contributed by atoms with Gasteiger partial charge in [0.25, 0.3) is 5.91 Å². The molecule has 2 heterocycles. The predicted molar refractivity (Wildman–Crippen MR) is 155 cm³/mol. The fraction of sp³-hybridized carbons (Fsp3) is 0.414. The third-order valence-corrected chi connectivity index (χ3v) is 8.54. The van der Waals surface area contributed by atoms with Crippen LogP contribution in [-0.2, 0) is 28.2 Å². The minimum Gasteiger partial charge on any atom is -0.379 e. The molecule has 2 aliphatic rings. The van der Waals surface area contributed by atoms with Crippen LogP contribution in [0.5, 0.6) is 0 Å². The normalized spacial score (nSPS) is 19.0. The van der Waals surface area contributed by atoms with Crippen LogP contribution in [0.15, 0.2) is 42.6 Å². The van der Waals surface area contributed by atoms with E-state index in [0.717, 1.165) is 36.8 Å². The average molecular weight is 620 g/mol. The largest absolute Gasteiger partial charge is 0.421 e. The van der Waals surface area contributed by atoms with Gasteiger partial charge in [0.1, 0.15) is 11.4 Å². The number of ether oxygens (including phenoxy) is 1. The molecule has 14 heteroatoms. The molecule has 0 atom stereocenters. The maximum Gasteiger partial charge on any atom is 0.421 e. The van der Waals surface area contributed by atoms with E-state index >= 15 is 0 Å². The van der Waals surface area contributed by atoms with Crippen molar-refractivity contribution >= 4 is 36.6 Å². The lowest BCUT2D eigenvalue weighted by atomic mass is 9.80. The van der Waals surface area contributed by atoms with Crippen LogP contribution >= 0.6 is 7.60 Å². The molecule has 230 valence electrons. The van der Waals surface area contributed by atoms with Crippen LogP contribution in [-0.4, -0.2) is 50.3 Å². The molecule has 0 spiro atoms. The molecule has 0 bridgehead atoms. The van der Waals surface area contributed by atoms with Gasteiger partial charge < -0.3 is 30.1 Å². The maximum absolute atomic E-state index is 14.0. The highest BCUT2D eigenvalue weighted by atomic mass is 31.2. The van der Waals surface area contributed by atoms with E-state index in [1.54, 1.807) is 18.0 Å². The number of halogens is 3. The van der Waals surface area contributed by atoms with E-state index in [9.17, 15) is 22.5 Å². The van der Waals surface area contributed by atoms with Crippen molar-refractivity contribution in [2.45, 2.75) is 63.5 Å². The smallest absolute Gasteiger partial charge is 0.379 e. The second-order valence-corrected chi connectivity index (χ2v) is 12.5. The summed E-state index contributed by atoms with van der Waals surface area (Å²) in [6.45, 7) is 3.00. The molecule has 43 heavy (non-hydrogen) atoms. The Kier molecular flexibility index (Phi) is 8.80. The fourth-order valence-electron chi connectivity index (χ4n) is 5.77. The lowest BCUT2D eigenvalue weighted by Crippen LogP contribution is -2.21. The van der Waals surface area contributed by atoms with E-state index in [1.807, 2.05) is 13.0 Å². The van der Waals surface area contributed by atoms with Crippen LogP contribution in [0.2, 0.25) is 0 Å². The van der Waals surface area contributed by atoms with Crippen molar-refractivity contribution in [3.8, 4) is 0 Å². The quantitative estimate of drug-likeness (QED) is 0.203. The minimum atomic E-state index is -4.77. The zero-order valence-corrected chi connectivity index (χ0v) is 24.6. The molecule has 0 radical (unpaired) electrons. The van der Waals surface area contributed by atoms with Gasteiger partial charge in [0.05, 0.1) is 23.5 Å². The predicted octanol–water partition coefficient (Wildman–Crippen LogP) is 6.31. The van der Waals surface area contributed by atoms with Gasteiger partial charge in [-0.15, -0.1) is 0 Å². The van der Waals surface area contributed by atoms with Crippen molar-refractivity contribution < 1.29 is 37.1 Å². The van der Waals surface area contributed by atoms with Crippen LogP contribution in [0.25, 0.3) is 0 Å². The Morgan fingerprint density at radius 1 is 1.07 bits per heavy atom. The number of hydrogen-bond acceptors (Lipinski definition) is 7. The molecule has 5 rings (SSSR count). The van der Waals surface area contributed by atoms with Crippen molar-refractivity contribution in [2.75, 3.05) is 24.3 Å². The van der Waals surface area contributed by atoms with Crippen LogP contribution in [0.3, 0.4) is 0 Å². The van der Waals surface area contributed by atoms with Crippen LogP contribution in [0.4, 0.5) is 36.3 Å². The lowest BCUT2D eigenvalue weighted by Gasteiger charge is -2.30. The summed E-state index contributed by atoms with van der Waals surface area (Å²) in [7, 11) is -2.59. The standard InChI is InChI=1S/C29H33F3N5O5P/c1-3-42-20-10-6-18(7-11-20)21-12-13-24(25-22(21)15-37(2)27(25)38)35-26-23(29(30,31)32)14-33-28(36-26)34-19-8-4-17(5-9-19)16-43(39,40)41/h4-5,8-9,12-14,18,20H,3,6-7,10-11,15-16H2,1-2H3,(H2,39,40,41)(H2,33,34,35,36). The van der Waals surface area contributed by atoms with E-state index in [2.05, 4.69) is 20.6 Å². The third kappa shape index (κ3) is 7.18. The SMILES string of the molecule is CCOC1CCC(c2ccc(Nc3nc(Nc4ccc(CP(=O)(O)O)cc4)ncc3C(F)(F)F)c3c2CN(C)C3=O)CC1. The van der Waals surface area contributed by atoms with E-state index < -0.39 is 31.3 Å². The highest BCUT2D eigenvalue weighted by Crippen LogP contribution is 2.43. The molecule has 1 aliphatic heterocycles. The Bertz CT molecular complexity index is 1540. The van der Waals surface area contributed by atoms with Gasteiger partial charge in [0, 0.05) is 32.1 Å². The zero-order chi connectivity index (χ0) is 30.9. The van der Waals surface area contributed by atoms with Crippen molar-refractivity contribution in [1.29, 1.82) is 0 Å². The Labute approximate surface area is 246 Å². The number of alkyl halides is 3. The molecule has 1 aromatic heterocycles. The molecule has 1 aliphatic carbocycles. The summed E-state index contributed by atoms with van der Waals surface area (Å²) >= 11 is 0. The second-order valence-electron chi connectivity index (χ2n) is 10.9. The minimum absolute atomic E-state index is 0.138. The number of aromatic nitrogens is 2. The Morgan fingerprint density at radius 3 is 2.40 bits per heavy atom. The summed E-state index contributed by atoms with van der Waals surface area (Å²) in [5.41, 5.74) is 2.12. The number of hydrogen-bond donors (Lipinski definition) is 4. The Balaban J connectivity index is 1.44. The van der Waals surface area contributed by atoms with E-state index in [0.29, 0.717) is 36.2 Å². The molecule has 2 aromatic carbocycles. The van der Waals surface area contributed by atoms with E-state index in [4.69, 9.17) is 14.5 Å². The van der Waals surface area contributed by atoms with Crippen LogP contribution < -0.4 is 10.6 Å². The molecule has 1 saturated carbocycles. The molecule has 0 unspecified atom stereocenters. The maximum atomic E-state index is 14.0. The molecule has 1 fully saturated rings. The fourth-order valence-corrected chi connectivity index (χ4v) is 6.46. The van der Waals surface area contributed by atoms with Crippen molar-refractivity contribution in [3.05, 3.63) is 70.4 Å². The van der Waals surface area contributed by atoms with Gasteiger partial charge in [-0.25, -0.2) is 4.98 Å². The summed E-state index contributed by atoms with van der Waals surface area (Å²) in [6, 6.07) is 9.55. The average Bonchev–Trinajstić information content (AvgIpc) is 3.23. The first-order valence-electron chi connectivity index (χ1n) is 14.0. The molecule has 0 saturated heterocycles. The van der Waals surface area contributed by atoms with Gasteiger partial charge in [0.15, 0.2) is 0 Å². The van der Waals surface area contributed by atoms with Crippen molar-refractivity contribution in [1.82, 2.24) is 14.9 Å². The van der Waals surface area contributed by atoms with Crippen LogP contribution in [0.1, 0.15) is 71.1 Å². The number of fused-ring (bicyclic) bond motifs is 1. The third-order valence-electron chi connectivity index (χ3n) is 7.77. The molecule has 10 nitrogen and oxygen atoms in total.